The van der Waals surface area contributed by atoms with E-state index in [9.17, 15) is 9.59 Å². The number of amides is 2. The lowest BCUT2D eigenvalue weighted by atomic mass is 9.96. The van der Waals surface area contributed by atoms with Gasteiger partial charge in [-0.2, -0.15) is 10.1 Å². The molecule has 12 heteroatoms. The summed E-state index contributed by atoms with van der Waals surface area (Å²) < 4.78 is 20.3. The number of benzene rings is 1. The van der Waals surface area contributed by atoms with Gasteiger partial charge in [-0.15, -0.1) is 0 Å². The standard InChI is InChI=1S/C28H31FN8O3/c1-5-21(38)37-12-6-7-18(15-37)32-24-22-19(10-11-30-23(22)34-35-24)16-8-9-17(20(29)13-16)14-31-25(39)26-33-27(36-40-26)28(2,3)4/h5,8-11,13,18H,1,6-7,12,14-15H2,2-4H3,(H,31,39)(H2,30,32,34,35)/t18-/m0/s1. The van der Waals surface area contributed by atoms with Crippen LogP contribution in [-0.4, -0.2) is 61.2 Å². The summed E-state index contributed by atoms with van der Waals surface area (Å²) in [6.07, 6.45) is 4.69. The van der Waals surface area contributed by atoms with E-state index in [2.05, 4.69) is 42.5 Å². The van der Waals surface area contributed by atoms with Crippen LogP contribution in [0.2, 0.25) is 0 Å². The second kappa shape index (κ2) is 10.9. The highest BCUT2D eigenvalue weighted by Gasteiger charge is 2.25. The zero-order chi connectivity index (χ0) is 28.4. The number of nitrogens with zero attached hydrogens (tertiary/aromatic N) is 5. The monoisotopic (exact) mass is 546 g/mol. The number of H-pyrrole nitrogens is 1. The molecule has 5 rings (SSSR count). The number of fused-ring (bicyclic) bond motifs is 1. The molecule has 3 aromatic heterocycles. The molecule has 40 heavy (non-hydrogen) atoms. The molecule has 4 aromatic rings. The van der Waals surface area contributed by atoms with E-state index in [0.29, 0.717) is 41.5 Å². The minimum Gasteiger partial charge on any atom is -0.364 e. The molecular formula is C28H31FN8O3. The van der Waals surface area contributed by atoms with E-state index in [0.717, 1.165) is 23.8 Å². The molecular weight excluding hydrogens is 515 g/mol. The summed E-state index contributed by atoms with van der Waals surface area (Å²) in [5, 5.41) is 18.0. The summed E-state index contributed by atoms with van der Waals surface area (Å²) in [5.74, 6) is -0.326. The highest BCUT2D eigenvalue weighted by atomic mass is 19.1. The molecule has 1 aliphatic heterocycles. The third-order valence-corrected chi connectivity index (χ3v) is 6.80. The molecule has 0 spiro atoms. The minimum absolute atomic E-state index is 0.00161. The summed E-state index contributed by atoms with van der Waals surface area (Å²) in [7, 11) is 0. The van der Waals surface area contributed by atoms with Crippen molar-refractivity contribution in [2.24, 2.45) is 0 Å². The maximum Gasteiger partial charge on any atom is 0.315 e. The molecule has 3 N–H and O–H groups in total. The number of rotatable bonds is 7. The predicted molar refractivity (Wildman–Crippen MR) is 147 cm³/mol. The zero-order valence-electron chi connectivity index (χ0n) is 22.6. The van der Waals surface area contributed by atoms with Gasteiger partial charge in [-0.25, -0.2) is 9.37 Å². The topological polar surface area (TPSA) is 142 Å². The molecule has 0 bridgehead atoms. The summed E-state index contributed by atoms with van der Waals surface area (Å²) in [5.41, 5.74) is 1.86. The molecule has 1 atom stereocenters. The van der Waals surface area contributed by atoms with E-state index in [1.165, 1.54) is 12.1 Å². The first-order valence-electron chi connectivity index (χ1n) is 13.1. The Bertz CT molecular complexity index is 1570. The van der Waals surface area contributed by atoms with E-state index in [1.54, 1.807) is 29.3 Å². The predicted octanol–water partition coefficient (Wildman–Crippen LogP) is 3.96. The lowest BCUT2D eigenvalue weighted by Crippen LogP contribution is -2.44. The Morgan fingerprint density at radius 3 is 2.85 bits per heavy atom. The highest BCUT2D eigenvalue weighted by Crippen LogP contribution is 2.33. The van der Waals surface area contributed by atoms with Crippen molar-refractivity contribution in [1.82, 2.24) is 35.5 Å². The molecule has 2 amide bonds. The van der Waals surface area contributed by atoms with Crippen LogP contribution in [0.15, 0.2) is 47.6 Å². The van der Waals surface area contributed by atoms with Crippen LogP contribution in [-0.2, 0) is 16.8 Å². The maximum atomic E-state index is 15.2. The van der Waals surface area contributed by atoms with E-state index >= 15 is 4.39 Å². The van der Waals surface area contributed by atoms with E-state index in [1.807, 2.05) is 20.8 Å². The Hall–Kier alpha value is -4.61. The number of aromatic nitrogens is 5. The Kier molecular flexibility index (Phi) is 7.33. The van der Waals surface area contributed by atoms with Crippen molar-refractivity contribution in [3.05, 3.63) is 66.2 Å². The van der Waals surface area contributed by atoms with Crippen molar-refractivity contribution in [2.75, 3.05) is 18.4 Å². The average molecular weight is 547 g/mol. The second-order valence-electron chi connectivity index (χ2n) is 10.8. The van der Waals surface area contributed by atoms with Crippen LogP contribution in [0, 0.1) is 5.82 Å². The lowest BCUT2D eigenvalue weighted by molar-refractivity contribution is -0.127. The van der Waals surface area contributed by atoms with Gasteiger partial charge in [0.1, 0.15) is 5.82 Å². The minimum atomic E-state index is -0.576. The second-order valence-corrected chi connectivity index (χ2v) is 10.8. The van der Waals surface area contributed by atoms with Gasteiger partial charge < -0.3 is 20.1 Å². The quantitative estimate of drug-likeness (QED) is 0.296. The first kappa shape index (κ1) is 27.0. The molecule has 4 heterocycles. The molecule has 208 valence electrons. The van der Waals surface area contributed by atoms with Gasteiger partial charge in [-0.05, 0) is 42.2 Å². The smallest absolute Gasteiger partial charge is 0.315 e. The summed E-state index contributed by atoms with van der Waals surface area (Å²) >= 11 is 0. The van der Waals surface area contributed by atoms with Gasteiger partial charge in [0.05, 0.1) is 5.39 Å². The molecule has 0 radical (unpaired) electrons. The van der Waals surface area contributed by atoms with Crippen molar-refractivity contribution in [2.45, 2.75) is 51.6 Å². The first-order chi connectivity index (χ1) is 19.1. The van der Waals surface area contributed by atoms with Gasteiger partial charge >= 0.3 is 11.8 Å². The van der Waals surface area contributed by atoms with Crippen LogP contribution in [0.1, 0.15) is 55.7 Å². The van der Waals surface area contributed by atoms with Gasteiger partial charge in [0, 0.05) is 42.9 Å². The Balaban J connectivity index is 1.33. The largest absolute Gasteiger partial charge is 0.364 e. The van der Waals surface area contributed by atoms with Crippen LogP contribution >= 0.6 is 0 Å². The van der Waals surface area contributed by atoms with Gasteiger partial charge in [0.15, 0.2) is 17.3 Å². The fourth-order valence-corrected chi connectivity index (χ4v) is 4.64. The lowest BCUT2D eigenvalue weighted by Gasteiger charge is -2.32. The molecule has 11 nitrogen and oxygen atoms in total. The maximum absolute atomic E-state index is 15.2. The fourth-order valence-electron chi connectivity index (χ4n) is 4.64. The SMILES string of the molecule is C=CC(=O)N1CCC[C@H](Nc2n[nH]c3nccc(-c4ccc(CNC(=O)c5nc(C(C)(C)C)no5)c(F)c4)c23)C1. The molecule has 0 aliphatic carbocycles. The Labute approximate surface area is 230 Å². The highest BCUT2D eigenvalue weighted by molar-refractivity contribution is 6.00. The summed E-state index contributed by atoms with van der Waals surface area (Å²) in [6, 6.07) is 6.63. The number of carbonyl (C=O) groups excluding carboxylic acids is 2. The number of carbonyl (C=O) groups is 2. The number of anilines is 1. The van der Waals surface area contributed by atoms with Gasteiger partial charge in [0.25, 0.3) is 0 Å². The molecule has 0 unspecified atom stereocenters. The van der Waals surface area contributed by atoms with Crippen LogP contribution in [0.5, 0.6) is 0 Å². The van der Waals surface area contributed by atoms with Gasteiger partial charge in [-0.3, -0.25) is 14.7 Å². The zero-order valence-corrected chi connectivity index (χ0v) is 22.6. The van der Waals surface area contributed by atoms with Gasteiger partial charge in [-0.1, -0.05) is 44.6 Å². The summed E-state index contributed by atoms with van der Waals surface area (Å²) in [4.78, 5) is 34.8. The summed E-state index contributed by atoms with van der Waals surface area (Å²) in [6.45, 7) is 10.5. The number of halogens is 1. The fraction of sp³-hybridized carbons (Fsp3) is 0.357. The van der Waals surface area contributed by atoms with Crippen LogP contribution in [0.4, 0.5) is 10.2 Å². The van der Waals surface area contributed by atoms with Crippen molar-refractivity contribution < 1.29 is 18.5 Å². The third kappa shape index (κ3) is 5.56. The normalized spacial score (nSPS) is 15.7. The number of likely N-dealkylation sites (tertiary alicyclic amines) is 1. The molecule has 0 saturated carbocycles. The van der Waals surface area contributed by atoms with Gasteiger partial charge in [0.2, 0.25) is 5.91 Å². The van der Waals surface area contributed by atoms with Crippen molar-refractivity contribution in [3.63, 3.8) is 0 Å². The van der Waals surface area contributed by atoms with Crippen molar-refractivity contribution in [3.8, 4) is 11.1 Å². The molecule has 1 fully saturated rings. The first-order valence-corrected chi connectivity index (χ1v) is 13.1. The Morgan fingerprint density at radius 2 is 2.12 bits per heavy atom. The molecule has 1 aliphatic rings. The van der Waals surface area contributed by atoms with Crippen LogP contribution in [0.25, 0.3) is 22.2 Å². The van der Waals surface area contributed by atoms with Crippen LogP contribution in [0.3, 0.4) is 0 Å². The van der Waals surface area contributed by atoms with Crippen molar-refractivity contribution in [1.29, 1.82) is 0 Å². The number of hydrogen-bond acceptors (Lipinski definition) is 8. The van der Waals surface area contributed by atoms with E-state index < -0.39 is 11.7 Å². The number of aromatic amines is 1. The van der Waals surface area contributed by atoms with E-state index in [-0.39, 0.29) is 29.8 Å². The number of pyridine rings is 1. The molecule has 1 saturated heterocycles. The Morgan fingerprint density at radius 1 is 1.30 bits per heavy atom. The number of hydrogen-bond donors (Lipinski definition) is 3. The number of nitrogens with one attached hydrogen (secondary N) is 3. The van der Waals surface area contributed by atoms with E-state index in [4.69, 9.17) is 4.52 Å². The third-order valence-electron chi connectivity index (χ3n) is 6.80. The molecule has 1 aromatic carbocycles. The number of piperidine rings is 1. The van der Waals surface area contributed by atoms with Crippen LogP contribution < -0.4 is 10.6 Å². The van der Waals surface area contributed by atoms with Crippen molar-refractivity contribution >= 4 is 28.7 Å². The average Bonchev–Trinajstić information content (AvgIpc) is 3.60.